The maximum atomic E-state index is 12.4. The fraction of sp³-hybridized carbons (Fsp3) is 0.478. The highest BCUT2D eigenvalue weighted by molar-refractivity contribution is 6.41. The van der Waals surface area contributed by atoms with Crippen LogP contribution in [0.4, 0.5) is 9.59 Å². The topological polar surface area (TPSA) is 366 Å². The Morgan fingerprint density at radius 1 is 0.527 bits per heavy atom. The summed E-state index contributed by atoms with van der Waals surface area (Å²) in [6.07, 6.45) is -0.994. The van der Waals surface area contributed by atoms with Crippen molar-refractivity contribution in [1.82, 2.24) is 31.8 Å². The van der Waals surface area contributed by atoms with E-state index in [1.54, 1.807) is 40.3 Å². The van der Waals surface area contributed by atoms with Crippen molar-refractivity contribution >= 4 is 65.0 Å². The van der Waals surface area contributed by atoms with Crippen LogP contribution in [0, 0.1) is 29.6 Å². The van der Waals surface area contributed by atoms with Gasteiger partial charge in [-0.15, -0.1) is 5.06 Å². The van der Waals surface area contributed by atoms with Gasteiger partial charge < -0.3 is 56.7 Å². The van der Waals surface area contributed by atoms with Gasteiger partial charge in [0.2, 0.25) is 11.6 Å². The molecule has 4 aromatic carbocycles. The van der Waals surface area contributed by atoms with Crippen LogP contribution in [0.2, 0.25) is 0 Å². The van der Waals surface area contributed by atoms with Crippen LogP contribution in [0.5, 0.6) is 0 Å². The number of alkyl carbamates (subject to hydrolysis) is 2. The summed E-state index contributed by atoms with van der Waals surface area (Å²) in [6.45, 7) is 21.0. The lowest BCUT2D eigenvalue weighted by atomic mass is 9.93. The third kappa shape index (κ3) is 22.1. The molecular formula is C67H91N7O17. The first-order valence-electron chi connectivity index (χ1n) is 30.2. The number of imide groups is 1. The van der Waals surface area contributed by atoms with E-state index in [1.807, 2.05) is 114 Å². The largest absolute Gasteiger partial charge is 0.481 e. The summed E-state index contributed by atoms with van der Waals surface area (Å²) in [5.74, 6) is -5.88. The summed E-state index contributed by atoms with van der Waals surface area (Å²) in [5.41, 5.74) is 15.7. The Hall–Kier alpha value is -8.55. The molecule has 3 aliphatic rings. The minimum Gasteiger partial charge on any atom is -0.481 e. The molecule has 2 unspecified atom stereocenters. The van der Waals surface area contributed by atoms with Crippen LogP contribution in [-0.4, -0.2) is 149 Å². The number of nitrogens with one attached hydrogen (secondary N) is 5. The van der Waals surface area contributed by atoms with Crippen LogP contribution in [-0.2, 0) is 57.5 Å². The molecule has 0 spiro atoms. The van der Waals surface area contributed by atoms with Gasteiger partial charge in [0.15, 0.2) is 11.6 Å². The lowest BCUT2D eigenvalue weighted by Crippen LogP contribution is -2.51. The van der Waals surface area contributed by atoms with Crippen LogP contribution >= 0.6 is 0 Å². The quantitative estimate of drug-likeness (QED) is 0.0188. The number of aliphatic carboxylic acids is 2. The zero-order valence-corrected chi connectivity index (χ0v) is 54.4. The van der Waals surface area contributed by atoms with E-state index in [9.17, 15) is 52.7 Å². The van der Waals surface area contributed by atoms with Gasteiger partial charge in [-0.1, -0.05) is 159 Å². The predicted molar refractivity (Wildman–Crippen MR) is 339 cm³/mol. The lowest BCUT2D eigenvalue weighted by molar-refractivity contribution is -0.199. The third-order valence-corrected chi connectivity index (χ3v) is 15.2. The summed E-state index contributed by atoms with van der Waals surface area (Å²) in [4.78, 5) is 131. The summed E-state index contributed by atoms with van der Waals surface area (Å²) in [7, 11) is 3.34. The van der Waals surface area contributed by atoms with E-state index in [2.05, 4.69) is 45.5 Å². The second-order valence-electron chi connectivity index (χ2n) is 23.6. The molecule has 1 fully saturated rings. The molecule has 1 saturated heterocycles. The Bertz CT molecular complexity index is 3070. The van der Waals surface area contributed by atoms with Crippen LogP contribution in [0.1, 0.15) is 136 Å². The van der Waals surface area contributed by atoms with Crippen molar-refractivity contribution in [3.63, 3.8) is 0 Å². The molecule has 1 heterocycles. The van der Waals surface area contributed by atoms with Gasteiger partial charge in [0.25, 0.3) is 11.8 Å². The number of carbonyl (C=O) groups excluding carboxylic acids is 9. The standard InChI is InChI=1S/C23H26N2O5.C21H23NO3.C10H16N2O4.C10H19NO3.C3H7NO2/c1-13(2)20(22(27)21(26)14(3)25-29)24-23(28)30-12-19-17-10-6-4-8-15(17)16-9-5-7-11-18(16)19;1-13(2)20(14(3)23)22-21(24)25-12-19-17-10-6-4-8-15(17)16-9-5-7-11-18(16)19;1-6(2)9(11-3)10(15)16-12-7(13)4-5-8(12)14;1-6(2)9(11-4)8(12)5-7(3)10(13)14;1-2(4)3(5)6/h4-11,13-14,19-20,25,29H,12H2,1-3H3,(H,24,28);4-11,13,19-20H,12H2,1-3H3,(H,22,24);6,9,11H,4-5H2,1-3H3;6-7,9,11H,5H2,1-4H3,(H,13,14);2H,4H2,1H3,(H,5,6)/t14-,20-;20-;;7-,9?;2-/m00.10/s1. The number of carbonyl (C=O) groups is 11. The summed E-state index contributed by atoms with van der Waals surface area (Å²) in [6, 6.07) is 28.3. The maximum absolute atomic E-state index is 12.4. The van der Waals surface area contributed by atoms with E-state index in [-0.39, 0.29) is 85.6 Å². The van der Waals surface area contributed by atoms with Gasteiger partial charge >= 0.3 is 30.1 Å². The van der Waals surface area contributed by atoms with Crippen molar-refractivity contribution in [2.24, 2.45) is 35.3 Å². The number of carboxylic acid groups (broad SMARTS) is 2. The van der Waals surface area contributed by atoms with E-state index in [0.717, 1.165) is 22.3 Å². The highest BCUT2D eigenvalue weighted by atomic mass is 16.7. The number of carboxylic acids is 2. The molecule has 1 aliphatic heterocycles. The van der Waals surface area contributed by atoms with E-state index in [0.29, 0.717) is 5.06 Å². The lowest BCUT2D eigenvalue weighted by Gasteiger charge is -2.22. The molecule has 91 heavy (non-hydrogen) atoms. The van der Waals surface area contributed by atoms with Crippen molar-refractivity contribution in [3.05, 3.63) is 119 Å². The van der Waals surface area contributed by atoms with E-state index < -0.39 is 89.6 Å². The molecule has 0 radical (unpaired) electrons. The number of hydrogen-bond acceptors (Lipinski definition) is 19. The van der Waals surface area contributed by atoms with Gasteiger partial charge in [-0.3, -0.25) is 38.4 Å². The van der Waals surface area contributed by atoms with E-state index >= 15 is 0 Å². The molecule has 0 bridgehead atoms. The van der Waals surface area contributed by atoms with Crippen molar-refractivity contribution in [3.8, 4) is 22.3 Å². The molecule has 0 aromatic heterocycles. The molecule has 0 saturated carbocycles. The number of ether oxygens (including phenoxy) is 2. The highest BCUT2D eigenvalue weighted by Crippen LogP contribution is 2.46. The molecule has 4 aromatic rings. The van der Waals surface area contributed by atoms with Crippen molar-refractivity contribution < 1.29 is 82.5 Å². The summed E-state index contributed by atoms with van der Waals surface area (Å²) < 4.78 is 10.9. The van der Waals surface area contributed by atoms with Crippen LogP contribution in [0.25, 0.3) is 22.3 Å². The first-order chi connectivity index (χ1) is 42.8. The SMILES string of the molecule is CC(=O)[C@@H](NC(=O)OCC1c2ccccc2-c2ccccc21)C(C)C.CC(C)[C@H](NC(=O)OCC1c2ccccc2-c2ccccc21)C(=O)C(=O)[C@H](C)NO.CNC(C(=O)C[C@@H](C)C(=O)O)C(C)C.CNC(C(=O)ON1C(=O)CCC1=O)C(C)C.C[C@H](N)C(=O)O. The number of ketones is 4. The smallest absolute Gasteiger partial charge is 0.407 e. The van der Waals surface area contributed by atoms with Crippen LogP contribution in [0.3, 0.4) is 0 Å². The Morgan fingerprint density at radius 2 is 0.868 bits per heavy atom. The average Bonchev–Trinajstić information content (AvgIpc) is 1.80. The molecule has 7 rings (SSSR count). The maximum Gasteiger partial charge on any atom is 0.407 e. The van der Waals surface area contributed by atoms with Gasteiger partial charge in [-0.05, 0) is 103 Å². The number of Topliss-reactive ketones (excluding diaryl/α,β-unsaturated/α-hetero) is 4. The predicted octanol–water partition coefficient (Wildman–Crippen LogP) is 7.36. The summed E-state index contributed by atoms with van der Waals surface area (Å²) >= 11 is 0. The molecule has 24 heteroatoms. The number of nitrogens with two attached hydrogens (primary N) is 1. The van der Waals surface area contributed by atoms with Gasteiger partial charge in [0.1, 0.15) is 31.3 Å². The number of benzene rings is 4. The molecule has 496 valence electrons. The average molecular weight is 1270 g/mol. The molecule has 24 nitrogen and oxygen atoms in total. The van der Waals surface area contributed by atoms with Crippen molar-refractivity contribution in [2.45, 2.75) is 150 Å². The van der Waals surface area contributed by atoms with Gasteiger partial charge in [0.05, 0.1) is 24.0 Å². The Labute approximate surface area is 532 Å². The van der Waals surface area contributed by atoms with Crippen molar-refractivity contribution in [1.29, 1.82) is 0 Å². The number of fused-ring (bicyclic) bond motifs is 6. The van der Waals surface area contributed by atoms with Crippen molar-refractivity contribution in [2.75, 3.05) is 27.3 Å². The number of amides is 4. The van der Waals surface area contributed by atoms with Crippen LogP contribution in [0.15, 0.2) is 97.1 Å². The molecule has 2 aliphatic carbocycles. The fourth-order valence-electron chi connectivity index (χ4n) is 10.1. The number of hydroxylamine groups is 3. The number of rotatable bonds is 24. The Balaban J connectivity index is 0.000000320. The monoisotopic (exact) mass is 1270 g/mol. The minimum absolute atomic E-state index is 0.0188. The molecular weight excluding hydrogens is 1170 g/mol. The second-order valence-corrected chi connectivity index (χ2v) is 23.6. The van der Waals surface area contributed by atoms with E-state index in [1.165, 1.54) is 43.0 Å². The normalized spacial score (nSPS) is 15.1. The molecule has 4 amide bonds. The zero-order chi connectivity index (χ0) is 68.6. The number of nitrogens with zero attached hydrogens (tertiary/aromatic N) is 1. The highest BCUT2D eigenvalue weighted by Gasteiger charge is 2.37. The third-order valence-electron chi connectivity index (χ3n) is 15.2. The fourth-order valence-corrected chi connectivity index (χ4v) is 10.1. The van der Waals surface area contributed by atoms with Crippen LogP contribution < -0.4 is 32.5 Å². The van der Waals surface area contributed by atoms with Gasteiger partial charge in [-0.2, -0.15) is 5.48 Å². The number of likely N-dealkylation sites (N-methyl/N-ethyl adjacent to an activating group) is 2. The first-order valence-corrected chi connectivity index (χ1v) is 30.2. The van der Waals surface area contributed by atoms with Gasteiger partial charge in [0, 0.05) is 31.1 Å². The number of hydrogen-bond donors (Lipinski definition) is 9. The Kier molecular flexibility index (Phi) is 31.1. The van der Waals surface area contributed by atoms with Gasteiger partial charge in [-0.25, -0.2) is 14.4 Å². The molecule has 7 atom stereocenters. The Morgan fingerprint density at radius 3 is 1.16 bits per heavy atom. The first kappa shape index (κ1) is 76.7. The molecule has 10 N–H and O–H groups in total. The summed E-state index contributed by atoms with van der Waals surface area (Å²) in [5, 5.41) is 36.8. The minimum atomic E-state index is -1.05. The second kappa shape index (κ2) is 36.9. The zero-order valence-electron chi connectivity index (χ0n) is 54.4. The van der Waals surface area contributed by atoms with E-state index in [4.69, 9.17) is 35.5 Å².